The molecule has 0 aliphatic carbocycles. The fourth-order valence-electron chi connectivity index (χ4n) is 1.74. The monoisotopic (exact) mass is 218 g/mol. The number of ether oxygens (including phenoxy) is 1. The summed E-state index contributed by atoms with van der Waals surface area (Å²) in [5, 5.41) is 10.1. The Kier molecular flexibility index (Phi) is 2.79. The summed E-state index contributed by atoms with van der Waals surface area (Å²) in [6, 6.07) is 9.63. The van der Waals surface area contributed by atoms with Crippen molar-refractivity contribution < 1.29 is 14.6 Å². The van der Waals surface area contributed by atoms with Crippen molar-refractivity contribution in [3.05, 3.63) is 48.0 Å². The van der Waals surface area contributed by atoms with E-state index in [-0.39, 0.29) is 0 Å². The van der Waals surface area contributed by atoms with Gasteiger partial charge in [0.2, 0.25) is 0 Å². The Morgan fingerprint density at radius 1 is 1.38 bits per heavy atom. The van der Waals surface area contributed by atoms with Crippen LogP contribution in [-0.2, 0) is 16.0 Å². The molecule has 0 aromatic heterocycles. The number of cyclic esters (lactones) is 1. The van der Waals surface area contributed by atoms with Crippen LogP contribution >= 0.6 is 0 Å². The van der Waals surface area contributed by atoms with E-state index in [1.54, 1.807) is 13.0 Å². The molecule has 3 nitrogen and oxygen atoms in total. The van der Waals surface area contributed by atoms with E-state index < -0.39 is 17.7 Å². The molecule has 1 aliphatic rings. The van der Waals surface area contributed by atoms with Crippen LogP contribution in [0.1, 0.15) is 12.5 Å². The van der Waals surface area contributed by atoms with Gasteiger partial charge in [0.15, 0.2) is 5.60 Å². The second-order valence-corrected chi connectivity index (χ2v) is 4.14. The maximum absolute atomic E-state index is 11.0. The van der Waals surface area contributed by atoms with Crippen molar-refractivity contribution in [3.8, 4) is 0 Å². The number of hydrogen-bond donors (Lipinski definition) is 1. The van der Waals surface area contributed by atoms with E-state index in [0.717, 1.165) is 5.56 Å². The maximum Gasteiger partial charge on any atom is 0.331 e. The van der Waals surface area contributed by atoms with E-state index in [1.165, 1.54) is 6.08 Å². The van der Waals surface area contributed by atoms with Crippen molar-refractivity contribution in [1.82, 2.24) is 0 Å². The Balaban J connectivity index is 2.07. The van der Waals surface area contributed by atoms with Gasteiger partial charge in [-0.25, -0.2) is 4.79 Å². The van der Waals surface area contributed by atoms with Gasteiger partial charge in [0.1, 0.15) is 6.10 Å². The Morgan fingerprint density at radius 2 is 2.06 bits per heavy atom. The maximum atomic E-state index is 11.0. The molecule has 1 heterocycles. The van der Waals surface area contributed by atoms with Gasteiger partial charge in [0.05, 0.1) is 0 Å². The Labute approximate surface area is 94.4 Å². The Morgan fingerprint density at radius 3 is 2.62 bits per heavy atom. The molecule has 0 fully saturated rings. The fraction of sp³-hybridized carbons (Fsp3) is 0.308. The lowest BCUT2D eigenvalue weighted by molar-refractivity contribution is -0.152. The van der Waals surface area contributed by atoms with Crippen molar-refractivity contribution in [2.45, 2.75) is 25.0 Å². The molecule has 1 aromatic rings. The van der Waals surface area contributed by atoms with Crippen molar-refractivity contribution in [1.29, 1.82) is 0 Å². The van der Waals surface area contributed by atoms with Crippen LogP contribution in [0.5, 0.6) is 0 Å². The molecule has 2 rings (SSSR count). The molecule has 1 N–H and O–H groups in total. The highest BCUT2D eigenvalue weighted by Crippen LogP contribution is 2.25. The molecule has 2 atom stereocenters. The summed E-state index contributed by atoms with van der Waals surface area (Å²) in [5.41, 5.74) is 0.125. The van der Waals surface area contributed by atoms with Gasteiger partial charge in [-0.15, -0.1) is 0 Å². The van der Waals surface area contributed by atoms with Crippen LogP contribution in [0.15, 0.2) is 42.5 Å². The standard InChI is InChI=1S/C13H14O3/c1-13(8-7-12(15)16-13)11(14)9-10-5-3-2-4-6-10/h2-8,11,14H,9H2,1H3/t11-,13+/m1/s1. The SMILES string of the molecule is C[C@@]1([C@H](O)Cc2ccccc2)C=CC(=O)O1. The normalized spacial score (nSPS) is 25.5. The fourth-order valence-corrected chi connectivity index (χ4v) is 1.74. The summed E-state index contributed by atoms with van der Waals surface area (Å²) in [6.45, 7) is 1.71. The minimum absolute atomic E-state index is 0.394. The average molecular weight is 218 g/mol. The van der Waals surface area contributed by atoms with E-state index in [9.17, 15) is 9.90 Å². The lowest BCUT2D eigenvalue weighted by Crippen LogP contribution is -2.40. The number of aliphatic hydroxyl groups excluding tert-OH is 1. The van der Waals surface area contributed by atoms with Crippen LogP contribution in [0.2, 0.25) is 0 Å². The molecule has 0 spiro atoms. The van der Waals surface area contributed by atoms with Crippen LogP contribution in [0, 0.1) is 0 Å². The second-order valence-electron chi connectivity index (χ2n) is 4.14. The summed E-state index contributed by atoms with van der Waals surface area (Å²) in [5.74, 6) is -0.394. The first-order valence-electron chi connectivity index (χ1n) is 5.24. The van der Waals surface area contributed by atoms with E-state index in [0.29, 0.717) is 6.42 Å². The van der Waals surface area contributed by atoms with E-state index >= 15 is 0 Å². The molecule has 84 valence electrons. The first kappa shape index (κ1) is 10.9. The molecule has 1 aliphatic heterocycles. The molecule has 1 aromatic carbocycles. The van der Waals surface area contributed by atoms with E-state index in [2.05, 4.69) is 0 Å². The second kappa shape index (κ2) is 4.10. The zero-order valence-corrected chi connectivity index (χ0v) is 9.09. The molecule has 0 amide bonds. The summed E-state index contributed by atoms with van der Waals surface area (Å²) in [6.07, 6.45) is 2.71. The summed E-state index contributed by atoms with van der Waals surface area (Å²) in [7, 11) is 0. The third-order valence-electron chi connectivity index (χ3n) is 2.80. The summed E-state index contributed by atoms with van der Waals surface area (Å²) in [4.78, 5) is 11.0. The molecule has 16 heavy (non-hydrogen) atoms. The predicted octanol–water partition coefficient (Wildman–Crippen LogP) is 1.46. The van der Waals surface area contributed by atoms with Gasteiger partial charge in [-0.2, -0.15) is 0 Å². The molecule has 0 saturated carbocycles. The van der Waals surface area contributed by atoms with Crippen molar-refractivity contribution in [3.63, 3.8) is 0 Å². The van der Waals surface area contributed by atoms with Gasteiger partial charge in [-0.05, 0) is 18.6 Å². The van der Waals surface area contributed by atoms with Gasteiger partial charge >= 0.3 is 5.97 Å². The molecular formula is C13H14O3. The van der Waals surface area contributed by atoms with Crippen LogP contribution in [-0.4, -0.2) is 22.8 Å². The third-order valence-corrected chi connectivity index (χ3v) is 2.80. The van der Waals surface area contributed by atoms with Crippen LogP contribution < -0.4 is 0 Å². The number of esters is 1. The van der Waals surface area contributed by atoms with Crippen molar-refractivity contribution >= 4 is 5.97 Å². The average Bonchev–Trinajstić information content (AvgIpc) is 2.61. The largest absolute Gasteiger partial charge is 0.449 e. The molecule has 0 unspecified atom stereocenters. The number of rotatable bonds is 3. The Hall–Kier alpha value is -1.61. The lowest BCUT2D eigenvalue weighted by Gasteiger charge is -2.27. The number of hydrogen-bond acceptors (Lipinski definition) is 3. The van der Waals surface area contributed by atoms with Gasteiger partial charge in [-0.3, -0.25) is 0 Å². The zero-order chi connectivity index (χ0) is 11.6. The highest BCUT2D eigenvalue weighted by atomic mass is 16.6. The number of benzene rings is 1. The quantitative estimate of drug-likeness (QED) is 0.781. The highest BCUT2D eigenvalue weighted by Gasteiger charge is 2.37. The third kappa shape index (κ3) is 2.14. The first-order valence-corrected chi connectivity index (χ1v) is 5.24. The molecular weight excluding hydrogens is 204 g/mol. The van der Waals surface area contributed by atoms with Crippen LogP contribution in [0.3, 0.4) is 0 Å². The smallest absolute Gasteiger partial charge is 0.331 e. The van der Waals surface area contributed by atoms with Crippen LogP contribution in [0.4, 0.5) is 0 Å². The number of carbonyl (C=O) groups is 1. The van der Waals surface area contributed by atoms with Crippen molar-refractivity contribution in [2.24, 2.45) is 0 Å². The van der Waals surface area contributed by atoms with Gasteiger partial charge in [0, 0.05) is 12.5 Å². The molecule has 0 saturated heterocycles. The predicted molar refractivity (Wildman–Crippen MR) is 59.8 cm³/mol. The van der Waals surface area contributed by atoms with Crippen molar-refractivity contribution in [2.75, 3.05) is 0 Å². The van der Waals surface area contributed by atoms with Crippen LogP contribution in [0.25, 0.3) is 0 Å². The topological polar surface area (TPSA) is 46.5 Å². The van der Waals surface area contributed by atoms with Gasteiger partial charge in [0.25, 0.3) is 0 Å². The van der Waals surface area contributed by atoms with E-state index in [1.807, 2.05) is 30.3 Å². The number of aliphatic hydroxyl groups is 1. The van der Waals surface area contributed by atoms with Gasteiger partial charge < -0.3 is 9.84 Å². The summed E-state index contributed by atoms with van der Waals surface area (Å²) < 4.78 is 5.08. The molecule has 3 heteroatoms. The first-order chi connectivity index (χ1) is 7.60. The lowest BCUT2D eigenvalue weighted by atomic mass is 9.94. The van der Waals surface area contributed by atoms with Gasteiger partial charge in [-0.1, -0.05) is 30.3 Å². The van der Waals surface area contributed by atoms with E-state index in [4.69, 9.17) is 4.74 Å². The minimum Gasteiger partial charge on any atom is -0.449 e. The Bertz CT molecular complexity index is 410. The zero-order valence-electron chi connectivity index (χ0n) is 9.09. The number of carbonyl (C=O) groups excluding carboxylic acids is 1. The highest BCUT2D eigenvalue weighted by molar-refractivity contribution is 5.85. The minimum atomic E-state index is -0.896. The summed E-state index contributed by atoms with van der Waals surface area (Å²) >= 11 is 0. The molecule has 0 bridgehead atoms. The molecule has 0 radical (unpaired) electrons.